The maximum Gasteiger partial charge on any atom is 0.275 e. The molecule has 3 N–H and O–H groups in total. The molecule has 0 fully saturated rings. The van der Waals surface area contributed by atoms with Gasteiger partial charge in [-0.25, -0.2) is 5.43 Å². The normalized spacial score (nSPS) is 10.9. The molecule has 0 aliphatic heterocycles. The number of carbonyl (C=O) groups excluding carboxylic acids is 1. The van der Waals surface area contributed by atoms with Crippen LogP contribution >= 0.6 is 11.6 Å². The molecule has 0 atom stereocenters. The smallest absolute Gasteiger partial charge is 0.275 e. The zero-order chi connectivity index (χ0) is 19.2. The van der Waals surface area contributed by atoms with Gasteiger partial charge in [-0.15, -0.1) is 0 Å². The number of hydrogen-bond donors (Lipinski definition) is 3. The predicted octanol–water partition coefficient (Wildman–Crippen LogP) is 4.11. The van der Waals surface area contributed by atoms with Gasteiger partial charge < -0.3 is 10.2 Å². The Morgan fingerprint density at radius 1 is 1.00 bits per heavy atom. The molecule has 1 amide bonds. The van der Waals surface area contributed by atoms with Crippen molar-refractivity contribution < 1.29 is 15.0 Å². The third-order valence-electron chi connectivity index (χ3n) is 3.96. The number of para-hydroxylation sites is 1. The highest BCUT2D eigenvalue weighted by molar-refractivity contribution is 6.31. The Labute approximate surface area is 161 Å². The van der Waals surface area contributed by atoms with Crippen LogP contribution in [0.25, 0.3) is 0 Å². The van der Waals surface area contributed by atoms with Gasteiger partial charge in [-0.1, -0.05) is 48.0 Å². The van der Waals surface area contributed by atoms with E-state index in [1.54, 1.807) is 30.3 Å². The molecule has 0 radical (unpaired) electrons. The van der Waals surface area contributed by atoms with Crippen LogP contribution in [-0.4, -0.2) is 22.3 Å². The molecule has 0 bridgehead atoms. The number of amides is 1. The number of aromatic hydroxyl groups is 2. The Morgan fingerprint density at radius 2 is 1.74 bits per heavy atom. The van der Waals surface area contributed by atoms with Gasteiger partial charge in [0.15, 0.2) is 0 Å². The van der Waals surface area contributed by atoms with Crippen LogP contribution < -0.4 is 5.43 Å². The Balaban J connectivity index is 1.73. The molecular formula is C21H17ClN2O3. The monoisotopic (exact) mass is 380 g/mol. The van der Waals surface area contributed by atoms with Gasteiger partial charge in [-0.05, 0) is 47.9 Å². The number of rotatable bonds is 5. The first kappa shape index (κ1) is 18.5. The second-order valence-corrected chi connectivity index (χ2v) is 6.28. The van der Waals surface area contributed by atoms with Gasteiger partial charge >= 0.3 is 0 Å². The molecule has 0 aliphatic carbocycles. The van der Waals surface area contributed by atoms with E-state index in [9.17, 15) is 15.0 Å². The second kappa shape index (κ2) is 8.38. The van der Waals surface area contributed by atoms with Crippen LogP contribution in [0, 0.1) is 0 Å². The van der Waals surface area contributed by atoms with Crippen molar-refractivity contribution in [2.24, 2.45) is 5.10 Å². The molecule has 5 nitrogen and oxygen atoms in total. The Kier molecular flexibility index (Phi) is 5.74. The quantitative estimate of drug-likeness (QED) is 0.460. The third-order valence-corrected chi connectivity index (χ3v) is 4.33. The van der Waals surface area contributed by atoms with E-state index in [1.165, 1.54) is 18.3 Å². The zero-order valence-electron chi connectivity index (χ0n) is 14.3. The lowest BCUT2D eigenvalue weighted by Gasteiger charge is -2.07. The molecule has 3 rings (SSSR count). The van der Waals surface area contributed by atoms with E-state index in [0.717, 1.165) is 11.1 Å². The van der Waals surface area contributed by atoms with E-state index < -0.39 is 5.91 Å². The molecular weight excluding hydrogens is 364 g/mol. The summed E-state index contributed by atoms with van der Waals surface area (Å²) in [6, 6.07) is 18.9. The van der Waals surface area contributed by atoms with Gasteiger partial charge in [0.05, 0.1) is 11.8 Å². The topological polar surface area (TPSA) is 81.9 Å². The van der Waals surface area contributed by atoms with Crippen LogP contribution in [0.2, 0.25) is 5.02 Å². The van der Waals surface area contributed by atoms with Crippen molar-refractivity contribution in [2.75, 3.05) is 0 Å². The fourth-order valence-corrected chi connectivity index (χ4v) is 2.77. The van der Waals surface area contributed by atoms with Crippen molar-refractivity contribution in [2.45, 2.75) is 6.42 Å². The minimum absolute atomic E-state index is 0.0402. The number of hydrazone groups is 1. The Hall–Kier alpha value is -3.31. The number of phenols is 2. The van der Waals surface area contributed by atoms with Crippen LogP contribution in [0.4, 0.5) is 0 Å². The first-order valence-corrected chi connectivity index (χ1v) is 8.59. The number of benzene rings is 3. The van der Waals surface area contributed by atoms with E-state index in [1.807, 2.05) is 24.3 Å². The molecule has 136 valence electrons. The summed E-state index contributed by atoms with van der Waals surface area (Å²) < 4.78 is 0. The summed E-state index contributed by atoms with van der Waals surface area (Å²) >= 11 is 6.19. The third kappa shape index (κ3) is 4.65. The largest absolute Gasteiger partial charge is 0.507 e. The second-order valence-electron chi connectivity index (χ2n) is 5.88. The van der Waals surface area contributed by atoms with Crippen molar-refractivity contribution >= 4 is 23.7 Å². The highest BCUT2D eigenvalue weighted by Crippen LogP contribution is 2.22. The summed E-state index contributed by atoms with van der Waals surface area (Å²) in [5.41, 5.74) is 4.82. The fraction of sp³-hybridized carbons (Fsp3) is 0.0476. The molecule has 6 heteroatoms. The first-order valence-electron chi connectivity index (χ1n) is 8.21. The number of hydrogen-bond acceptors (Lipinski definition) is 4. The van der Waals surface area contributed by atoms with Crippen LogP contribution in [0.3, 0.4) is 0 Å². The molecule has 0 heterocycles. The minimum Gasteiger partial charge on any atom is -0.507 e. The highest BCUT2D eigenvalue weighted by atomic mass is 35.5. The zero-order valence-corrected chi connectivity index (χ0v) is 15.0. The Morgan fingerprint density at radius 3 is 2.52 bits per heavy atom. The van der Waals surface area contributed by atoms with Crippen molar-refractivity contribution in [3.8, 4) is 11.5 Å². The van der Waals surface area contributed by atoms with E-state index in [2.05, 4.69) is 10.5 Å². The highest BCUT2D eigenvalue weighted by Gasteiger charge is 2.09. The summed E-state index contributed by atoms with van der Waals surface area (Å²) in [7, 11) is 0. The van der Waals surface area contributed by atoms with E-state index in [0.29, 0.717) is 17.0 Å². The molecule has 0 unspecified atom stereocenters. The average molecular weight is 381 g/mol. The average Bonchev–Trinajstić information content (AvgIpc) is 2.66. The van der Waals surface area contributed by atoms with Crippen LogP contribution in [0.1, 0.15) is 27.0 Å². The number of phenolic OH excluding ortho intramolecular Hbond substituents is 2. The lowest BCUT2D eigenvalue weighted by Crippen LogP contribution is -2.17. The van der Waals surface area contributed by atoms with Gasteiger partial charge in [-0.3, -0.25) is 4.79 Å². The maximum absolute atomic E-state index is 12.0. The first-order chi connectivity index (χ1) is 13.0. The van der Waals surface area contributed by atoms with E-state index >= 15 is 0 Å². The van der Waals surface area contributed by atoms with E-state index in [4.69, 9.17) is 11.6 Å². The molecule has 0 aliphatic rings. The molecule has 0 spiro atoms. The lowest BCUT2D eigenvalue weighted by molar-refractivity contribution is 0.0952. The Bertz CT molecular complexity index is 1000. The molecule has 3 aromatic carbocycles. The summed E-state index contributed by atoms with van der Waals surface area (Å²) in [6.07, 6.45) is 1.95. The molecule has 0 saturated carbocycles. The van der Waals surface area contributed by atoms with Crippen molar-refractivity contribution in [1.29, 1.82) is 0 Å². The maximum atomic E-state index is 12.0. The summed E-state index contributed by atoms with van der Waals surface area (Å²) in [6.45, 7) is 0. The number of carbonyl (C=O) groups is 1. The summed E-state index contributed by atoms with van der Waals surface area (Å²) in [4.78, 5) is 12.0. The van der Waals surface area contributed by atoms with Crippen molar-refractivity contribution in [3.63, 3.8) is 0 Å². The lowest BCUT2D eigenvalue weighted by atomic mass is 10.0. The van der Waals surface area contributed by atoms with Crippen LogP contribution in [0.5, 0.6) is 11.5 Å². The van der Waals surface area contributed by atoms with Crippen LogP contribution in [0.15, 0.2) is 71.8 Å². The van der Waals surface area contributed by atoms with Crippen molar-refractivity contribution in [1.82, 2.24) is 5.43 Å². The summed E-state index contributed by atoms with van der Waals surface area (Å²) in [5, 5.41) is 24.2. The summed E-state index contributed by atoms with van der Waals surface area (Å²) in [5.74, 6) is -0.635. The van der Waals surface area contributed by atoms with Crippen LogP contribution in [-0.2, 0) is 6.42 Å². The van der Waals surface area contributed by atoms with Gasteiger partial charge in [0.1, 0.15) is 11.5 Å². The number of halogens is 1. The number of nitrogens with zero attached hydrogens (tertiary/aromatic N) is 1. The fourth-order valence-electron chi connectivity index (χ4n) is 2.57. The molecule has 27 heavy (non-hydrogen) atoms. The van der Waals surface area contributed by atoms with Crippen molar-refractivity contribution in [3.05, 3.63) is 94.0 Å². The molecule has 3 aromatic rings. The van der Waals surface area contributed by atoms with E-state index in [-0.39, 0.29) is 17.1 Å². The van der Waals surface area contributed by atoms with Gasteiger partial charge in [-0.2, -0.15) is 5.10 Å². The predicted molar refractivity (Wildman–Crippen MR) is 106 cm³/mol. The SMILES string of the molecule is O=C(NN=Cc1cc(Cc2ccccc2Cl)ccc1O)c1ccccc1O. The molecule has 0 saturated heterocycles. The van der Waals surface area contributed by atoms with Gasteiger partial charge in [0.2, 0.25) is 0 Å². The minimum atomic E-state index is -0.545. The molecule has 0 aromatic heterocycles. The number of nitrogens with one attached hydrogen (secondary N) is 1. The standard InChI is InChI=1S/C21H17ClN2O3/c22-18-7-3-1-5-15(18)11-14-9-10-19(25)16(12-14)13-23-24-21(27)17-6-2-4-8-20(17)26/h1-10,12-13,25-26H,11H2,(H,24,27). The van der Waals surface area contributed by atoms with Gasteiger partial charge in [0.25, 0.3) is 5.91 Å². The van der Waals surface area contributed by atoms with Gasteiger partial charge in [0, 0.05) is 10.6 Å².